The summed E-state index contributed by atoms with van der Waals surface area (Å²) in [6.45, 7) is 5.69. The van der Waals surface area contributed by atoms with Crippen molar-refractivity contribution in [2.45, 2.75) is 71.1 Å². The number of amides is 2. The first-order chi connectivity index (χ1) is 11.2. The number of unbranched alkanes of at least 4 members (excludes halogenated alkanes) is 8. The summed E-state index contributed by atoms with van der Waals surface area (Å²) < 4.78 is 0. The van der Waals surface area contributed by atoms with Crippen LogP contribution in [0.15, 0.2) is 0 Å². The van der Waals surface area contributed by atoms with Crippen molar-refractivity contribution in [1.29, 1.82) is 0 Å². The van der Waals surface area contributed by atoms with Crippen LogP contribution in [0.1, 0.15) is 71.1 Å². The third-order valence-electron chi connectivity index (χ3n) is 4.38. The van der Waals surface area contributed by atoms with Crippen molar-refractivity contribution in [1.82, 2.24) is 15.5 Å². The van der Waals surface area contributed by atoms with E-state index >= 15 is 0 Å². The Morgan fingerprint density at radius 1 is 1.09 bits per heavy atom. The summed E-state index contributed by atoms with van der Waals surface area (Å²) in [5, 5.41) is 5.76. The lowest BCUT2D eigenvalue weighted by atomic mass is 10.1. The van der Waals surface area contributed by atoms with Gasteiger partial charge < -0.3 is 10.6 Å². The van der Waals surface area contributed by atoms with Gasteiger partial charge in [0.1, 0.15) is 0 Å². The molecule has 0 unspecified atom stereocenters. The number of hydrogen-bond donors (Lipinski definition) is 2. The maximum Gasteiger partial charge on any atom is 0.234 e. The summed E-state index contributed by atoms with van der Waals surface area (Å²) in [6, 6.07) is 0. The van der Waals surface area contributed by atoms with E-state index in [1.54, 1.807) is 0 Å². The van der Waals surface area contributed by atoms with Gasteiger partial charge in [-0.1, -0.05) is 58.3 Å². The van der Waals surface area contributed by atoms with Crippen LogP contribution in [0.4, 0.5) is 0 Å². The lowest BCUT2D eigenvalue weighted by Crippen LogP contribution is -2.49. The molecule has 0 radical (unpaired) electrons. The number of nitrogens with one attached hydrogen (secondary N) is 2. The summed E-state index contributed by atoms with van der Waals surface area (Å²) >= 11 is 0. The fourth-order valence-electron chi connectivity index (χ4n) is 2.92. The van der Waals surface area contributed by atoms with E-state index in [2.05, 4.69) is 22.5 Å². The van der Waals surface area contributed by atoms with Crippen LogP contribution < -0.4 is 10.6 Å². The van der Waals surface area contributed by atoms with Crippen LogP contribution in [0, 0.1) is 0 Å². The van der Waals surface area contributed by atoms with Crippen LogP contribution in [0.3, 0.4) is 0 Å². The molecule has 2 amide bonds. The second-order valence-corrected chi connectivity index (χ2v) is 6.55. The number of nitrogens with zero attached hydrogens (tertiary/aromatic N) is 1. The molecule has 5 heteroatoms. The van der Waals surface area contributed by atoms with Crippen LogP contribution in [0.2, 0.25) is 0 Å². The topological polar surface area (TPSA) is 61.4 Å². The highest BCUT2D eigenvalue weighted by Crippen LogP contribution is 2.10. The zero-order valence-corrected chi connectivity index (χ0v) is 14.9. The molecule has 1 rings (SSSR count). The molecule has 1 fully saturated rings. The van der Waals surface area contributed by atoms with E-state index in [1.807, 2.05) is 0 Å². The second kappa shape index (κ2) is 13.3. The highest BCUT2D eigenvalue weighted by Gasteiger charge is 2.15. The van der Waals surface area contributed by atoms with Gasteiger partial charge in [-0.2, -0.15) is 0 Å². The molecule has 1 aliphatic heterocycles. The zero-order valence-electron chi connectivity index (χ0n) is 14.9. The van der Waals surface area contributed by atoms with E-state index in [0.29, 0.717) is 26.1 Å². The molecule has 0 bridgehead atoms. The molecule has 0 aromatic rings. The van der Waals surface area contributed by atoms with Crippen LogP contribution in [0.5, 0.6) is 0 Å². The van der Waals surface area contributed by atoms with Gasteiger partial charge in [-0.3, -0.25) is 14.5 Å². The first-order valence-electron chi connectivity index (χ1n) is 9.48. The Kier molecular flexibility index (Phi) is 11.6. The lowest BCUT2D eigenvalue weighted by Gasteiger charge is -2.26. The monoisotopic (exact) mass is 325 g/mol. The molecular weight excluding hydrogens is 290 g/mol. The predicted molar refractivity (Wildman–Crippen MR) is 94.3 cm³/mol. The van der Waals surface area contributed by atoms with E-state index in [9.17, 15) is 9.59 Å². The van der Waals surface area contributed by atoms with E-state index in [-0.39, 0.29) is 11.8 Å². The molecule has 0 aromatic heterocycles. The molecule has 1 saturated heterocycles. The molecule has 2 N–H and O–H groups in total. The number of carbonyl (C=O) groups is 2. The van der Waals surface area contributed by atoms with Crippen LogP contribution in [-0.4, -0.2) is 49.4 Å². The third kappa shape index (κ3) is 11.1. The minimum atomic E-state index is 0.0808. The quantitative estimate of drug-likeness (QED) is 0.511. The van der Waals surface area contributed by atoms with Gasteiger partial charge in [0.05, 0.1) is 6.54 Å². The molecule has 1 heterocycles. The van der Waals surface area contributed by atoms with Crippen molar-refractivity contribution in [3.8, 4) is 0 Å². The van der Waals surface area contributed by atoms with Gasteiger partial charge in [0.25, 0.3) is 0 Å². The normalized spacial score (nSPS) is 15.4. The fourth-order valence-corrected chi connectivity index (χ4v) is 2.92. The predicted octanol–water partition coefficient (Wildman–Crippen LogP) is 2.46. The molecule has 0 spiro atoms. The average molecular weight is 325 g/mol. The van der Waals surface area contributed by atoms with E-state index < -0.39 is 0 Å². The Morgan fingerprint density at radius 2 is 1.74 bits per heavy atom. The highest BCUT2D eigenvalue weighted by atomic mass is 16.2. The SMILES string of the molecule is CCCCCCCCCCCC(=O)NCCN1CCNC(=O)C1. The van der Waals surface area contributed by atoms with Gasteiger partial charge in [-0.05, 0) is 6.42 Å². The molecule has 0 aliphatic carbocycles. The molecule has 134 valence electrons. The molecule has 23 heavy (non-hydrogen) atoms. The number of piperazine rings is 1. The lowest BCUT2D eigenvalue weighted by molar-refractivity contribution is -0.124. The number of carbonyl (C=O) groups excluding carboxylic acids is 2. The molecule has 0 aromatic carbocycles. The molecular formula is C18H35N3O2. The summed E-state index contributed by atoms with van der Waals surface area (Å²) in [5.41, 5.74) is 0. The third-order valence-corrected chi connectivity index (χ3v) is 4.38. The van der Waals surface area contributed by atoms with Crippen LogP contribution >= 0.6 is 0 Å². The van der Waals surface area contributed by atoms with Crippen molar-refractivity contribution < 1.29 is 9.59 Å². The molecule has 1 aliphatic rings. The average Bonchev–Trinajstić information content (AvgIpc) is 2.53. The highest BCUT2D eigenvalue weighted by molar-refractivity contribution is 5.78. The number of hydrogen-bond acceptors (Lipinski definition) is 3. The summed E-state index contributed by atoms with van der Waals surface area (Å²) in [6.07, 6.45) is 12.1. The standard InChI is InChI=1S/C18H35N3O2/c1-2-3-4-5-6-7-8-9-10-11-17(22)19-12-14-21-15-13-20-18(23)16-21/h2-16H2,1H3,(H,19,22)(H,20,23). The minimum Gasteiger partial charge on any atom is -0.355 e. The van der Waals surface area contributed by atoms with Gasteiger partial charge in [0.15, 0.2) is 0 Å². The van der Waals surface area contributed by atoms with Crippen LogP contribution in [-0.2, 0) is 9.59 Å². The first-order valence-corrected chi connectivity index (χ1v) is 9.48. The van der Waals surface area contributed by atoms with Gasteiger partial charge in [-0.25, -0.2) is 0 Å². The van der Waals surface area contributed by atoms with Gasteiger partial charge in [0, 0.05) is 32.6 Å². The Hall–Kier alpha value is -1.10. The van der Waals surface area contributed by atoms with Crippen molar-refractivity contribution in [3.63, 3.8) is 0 Å². The Labute approximate surface area is 141 Å². The maximum atomic E-state index is 11.7. The molecule has 5 nitrogen and oxygen atoms in total. The van der Waals surface area contributed by atoms with E-state index in [1.165, 1.54) is 44.9 Å². The Bertz CT molecular complexity index is 334. The Balaban J connectivity index is 1.85. The van der Waals surface area contributed by atoms with Crippen molar-refractivity contribution in [3.05, 3.63) is 0 Å². The molecule has 0 atom stereocenters. The van der Waals surface area contributed by atoms with Gasteiger partial charge >= 0.3 is 0 Å². The minimum absolute atomic E-state index is 0.0808. The van der Waals surface area contributed by atoms with Crippen molar-refractivity contribution in [2.24, 2.45) is 0 Å². The summed E-state index contributed by atoms with van der Waals surface area (Å²) in [7, 11) is 0. The fraction of sp³-hybridized carbons (Fsp3) is 0.889. The van der Waals surface area contributed by atoms with Gasteiger partial charge in [-0.15, -0.1) is 0 Å². The number of rotatable bonds is 13. The summed E-state index contributed by atoms with van der Waals surface area (Å²) in [4.78, 5) is 25.1. The smallest absolute Gasteiger partial charge is 0.234 e. The van der Waals surface area contributed by atoms with E-state index in [0.717, 1.165) is 25.9 Å². The first kappa shape index (κ1) is 19.9. The van der Waals surface area contributed by atoms with Crippen molar-refractivity contribution in [2.75, 3.05) is 32.7 Å². The second-order valence-electron chi connectivity index (χ2n) is 6.55. The maximum absolute atomic E-state index is 11.7. The zero-order chi connectivity index (χ0) is 16.8. The summed E-state index contributed by atoms with van der Waals surface area (Å²) in [5.74, 6) is 0.228. The van der Waals surface area contributed by atoms with Crippen LogP contribution in [0.25, 0.3) is 0 Å². The van der Waals surface area contributed by atoms with Crippen molar-refractivity contribution >= 4 is 11.8 Å². The van der Waals surface area contributed by atoms with Gasteiger partial charge in [0.2, 0.25) is 11.8 Å². The largest absolute Gasteiger partial charge is 0.355 e. The Morgan fingerprint density at radius 3 is 2.39 bits per heavy atom. The molecule has 0 saturated carbocycles. The van der Waals surface area contributed by atoms with E-state index in [4.69, 9.17) is 0 Å².